The SMILES string of the molecule is CC1(OCC(=O)O)CN(Cc2cccc(C(N)=O)c2)C1. The van der Waals surface area contributed by atoms with Gasteiger partial charge < -0.3 is 15.6 Å². The van der Waals surface area contributed by atoms with E-state index in [1.54, 1.807) is 18.2 Å². The second-order valence-electron chi connectivity index (χ2n) is 5.34. The van der Waals surface area contributed by atoms with Crippen LogP contribution in [0.1, 0.15) is 22.8 Å². The fourth-order valence-corrected chi connectivity index (χ4v) is 2.42. The summed E-state index contributed by atoms with van der Waals surface area (Å²) < 4.78 is 5.34. The molecule has 3 N–H and O–H groups in total. The second kappa shape index (κ2) is 5.60. The van der Waals surface area contributed by atoms with Gasteiger partial charge in [0, 0.05) is 25.2 Å². The summed E-state index contributed by atoms with van der Waals surface area (Å²) >= 11 is 0. The molecule has 1 aliphatic rings. The Morgan fingerprint density at radius 3 is 2.75 bits per heavy atom. The number of rotatable bonds is 6. The van der Waals surface area contributed by atoms with Crippen molar-refractivity contribution in [1.29, 1.82) is 0 Å². The number of ether oxygens (including phenoxy) is 1. The fourth-order valence-electron chi connectivity index (χ4n) is 2.42. The maximum Gasteiger partial charge on any atom is 0.329 e. The molecule has 1 aliphatic heterocycles. The number of nitrogens with zero attached hydrogens (tertiary/aromatic N) is 1. The third-order valence-corrected chi connectivity index (χ3v) is 3.28. The van der Waals surface area contributed by atoms with E-state index in [2.05, 4.69) is 4.90 Å². The number of carbonyl (C=O) groups excluding carboxylic acids is 1. The number of amides is 1. The molecule has 0 saturated carbocycles. The Bertz CT molecular complexity index is 524. The van der Waals surface area contributed by atoms with Crippen LogP contribution in [0.4, 0.5) is 0 Å². The van der Waals surface area contributed by atoms with Crippen molar-refractivity contribution in [2.45, 2.75) is 19.1 Å². The highest BCUT2D eigenvalue weighted by molar-refractivity contribution is 5.92. The topological polar surface area (TPSA) is 92.9 Å². The summed E-state index contributed by atoms with van der Waals surface area (Å²) in [7, 11) is 0. The van der Waals surface area contributed by atoms with Crippen LogP contribution in [0.2, 0.25) is 0 Å². The Hall–Kier alpha value is -1.92. The minimum Gasteiger partial charge on any atom is -0.480 e. The molecule has 2 rings (SSSR count). The highest BCUT2D eigenvalue weighted by Gasteiger charge is 2.39. The molecule has 6 heteroatoms. The van der Waals surface area contributed by atoms with Crippen molar-refractivity contribution in [3.05, 3.63) is 35.4 Å². The predicted molar refractivity (Wildman–Crippen MR) is 72.2 cm³/mol. The largest absolute Gasteiger partial charge is 0.480 e. The Morgan fingerprint density at radius 1 is 1.45 bits per heavy atom. The molecule has 6 nitrogen and oxygen atoms in total. The molecule has 0 radical (unpaired) electrons. The molecule has 1 heterocycles. The summed E-state index contributed by atoms with van der Waals surface area (Å²) in [6.45, 7) is 3.64. The van der Waals surface area contributed by atoms with Crippen LogP contribution in [0.3, 0.4) is 0 Å². The fraction of sp³-hybridized carbons (Fsp3) is 0.429. The number of hydrogen-bond donors (Lipinski definition) is 2. The van der Waals surface area contributed by atoms with Gasteiger partial charge in [-0.3, -0.25) is 9.69 Å². The zero-order valence-electron chi connectivity index (χ0n) is 11.3. The molecular weight excluding hydrogens is 260 g/mol. The van der Waals surface area contributed by atoms with Crippen molar-refractivity contribution < 1.29 is 19.4 Å². The number of hydrogen-bond acceptors (Lipinski definition) is 4. The lowest BCUT2D eigenvalue weighted by Crippen LogP contribution is -2.61. The number of benzene rings is 1. The average molecular weight is 278 g/mol. The molecule has 20 heavy (non-hydrogen) atoms. The van der Waals surface area contributed by atoms with Crippen molar-refractivity contribution in [3.63, 3.8) is 0 Å². The Balaban J connectivity index is 1.86. The normalized spacial score (nSPS) is 17.4. The predicted octanol–water partition coefficient (Wildman–Crippen LogP) is 0.461. The van der Waals surface area contributed by atoms with Crippen LogP contribution < -0.4 is 5.73 Å². The number of carboxylic acids is 1. The summed E-state index contributed by atoms with van der Waals surface area (Å²) in [5.41, 5.74) is 6.33. The molecule has 1 aromatic rings. The van der Waals surface area contributed by atoms with E-state index in [1.165, 1.54) is 0 Å². The van der Waals surface area contributed by atoms with Crippen molar-refractivity contribution in [1.82, 2.24) is 4.90 Å². The van der Waals surface area contributed by atoms with E-state index in [1.807, 2.05) is 13.0 Å². The number of aliphatic carboxylic acids is 1. The first-order valence-electron chi connectivity index (χ1n) is 6.35. The number of carboxylic acid groups (broad SMARTS) is 1. The Morgan fingerprint density at radius 2 is 2.15 bits per heavy atom. The molecule has 0 aliphatic carbocycles. The highest BCUT2D eigenvalue weighted by Crippen LogP contribution is 2.26. The molecule has 1 aromatic carbocycles. The van der Waals surface area contributed by atoms with Crippen LogP contribution in [0.15, 0.2) is 24.3 Å². The molecular formula is C14H18N2O4. The molecule has 0 atom stereocenters. The van der Waals surface area contributed by atoms with Gasteiger partial charge in [-0.25, -0.2) is 4.79 Å². The lowest BCUT2D eigenvalue weighted by atomic mass is 9.95. The Kier molecular flexibility index (Phi) is 4.06. The quantitative estimate of drug-likeness (QED) is 0.788. The maximum absolute atomic E-state index is 11.1. The van der Waals surface area contributed by atoms with Gasteiger partial charge in [-0.2, -0.15) is 0 Å². The zero-order chi connectivity index (χ0) is 14.8. The second-order valence-corrected chi connectivity index (χ2v) is 5.34. The van der Waals surface area contributed by atoms with E-state index in [9.17, 15) is 9.59 Å². The minimum absolute atomic E-state index is 0.276. The van der Waals surface area contributed by atoms with E-state index >= 15 is 0 Å². The molecule has 0 unspecified atom stereocenters. The first-order valence-corrected chi connectivity index (χ1v) is 6.35. The van der Waals surface area contributed by atoms with Gasteiger partial charge in [0.05, 0.1) is 5.60 Å². The summed E-state index contributed by atoms with van der Waals surface area (Å²) in [6, 6.07) is 7.19. The summed E-state index contributed by atoms with van der Waals surface area (Å²) in [4.78, 5) is 23.7. The third kappa shape index (κ3) is 3.55. The first-order chi connectivity index (χ1) is 9.38. The van der Waals surface area contributed by atoms with E-state index in [4.69, 9.17) is 15.6 Å². The average Bonchev–Trinajstić information content (AvgIpc) is 2.35. The zero-order valence-corrected chi connectivity index (χ0v) is 11.3. The smallest absolute Gasteiger partial charge is 0.329 e. The van der Waals surface area contributed by atoms with Gasteiger partial charge in [-0.1, -0.05) is 12.1 Å². The van der Waals surface area contributed by atoms with Gasteiger partial charge >= 0.3 is 5.97 Å². The van der Waals surface area contributed by atoms with E-state index in [0.29, 0.717) is 25.2 Å². The maximum atomic E-state index is 11.1. The number of carbonyl (C=O) groups is 2. The van der Waals surface area contributed by atoms with Crippen LogP contribution in [0, 0.1) is 0 Å². The summed E-state index contributed by atoms with van der Waals surface area (Å²) in [6.07, 6.45) is 0. The molecule has 0 spiro atoms. The van der Waals surface area contributed by atoms with Crippen LogP contribution in [0.5, 0.6) is 0 Å². The van der Waals surface area contributed by atoms with Crippen molar-refractivity contribution in [2.24, 2.45) is 5.73 Å². The lowest BCUT2D eigenvalue weighted by molar-refractivity contribution is -0.165. The van der Waals surface area contributed by atoms with Crippen LogP contribution in [0.25, 0.3) is 0 Å². The van der Waals surface area contributed by atoms with Crippen LogP contribution >= 0.6 is 0 Å². The van der Waals surface area contributed by atoms with E-state index in [0.717, 1.165) is 5.56 Å². The number of nitrogens with two attached hydrogens (primary N) is 1. The Labute approximate surface area is 117 Å². The summed E-state index contributed by atoms with van der Waals surface area (Å²) in [5.74, 6) is -1.40. The van der Waals surface area contributed by atoms with Gasteiger partial charge in [0.2, 0.25) is 5.91 Å². The van der Waals surface area contributed by atoms with Gasteiger partial charge in [0.15, 0.2) is 0 Å². The number of likely N-dealkylation sites (tertiary alicyclic amines) is 1. The lowest BCUT2D eigenvalue weighted by Gasteiger charge is -2.47. The van der Waals surface area contributed by atoms with Gasteiger partial charge in [0.25, 0.3) is 0 Å². The van der Waals surface area contributed by atoms with E-state index in [-0.39, 0.29) is 6.61 Å². The van der Waals surface area contributed by atoms with Gasteiger partial charge in [-0.15, -0.1) is 0 Å². The van der Waals surface area contributed by atoms with Crippen molar-refractivity contribution in [3.8, 4) is 0 Å². The van der Waals surface area contributed by atoms with Gasteiger partial charge in [-0.05, 0) is 24.6 Å². The first kappa shape index (κ1) is 14.5. The summed E-state index contributed by atoms with van der Waals surface area (Å²) in [5, 5.41) is 8.60. The standard InChI is InChI=1S/C14H18N2O4/c1-14(20-7-12(17)18)8-16(9-14)6-10-3-2-4-11(5-10)13(15)19/h2-5H,6-9H2,1H3,(H2,15,19)(H,17,18). The molecule has 1 saturated heterocycles. The highest BCUT2D eigenvalue weighted by atomic mass is 16.5. The monoisotopic (exact) mass is 278 g/mol. The van der Waals surface area contributed by atoms with Crippen molar-refractivity contribution >= 4 is 11.9 Å². The van der Waals surface area contributed by atoms with Gasteiger partial charge in [0.1, 0.15) is 6.61 Å². The van der Waals surface area contributed by atoms with E-state index < -0.39 is 17.5 Å². The minimum atomic E-state index is -0.959. The molecule has 1 amide bonds. The molecule has 0 bridgehead atoms. The van der Waals surface area contributed by atoms with Crippen LogP contribution in [-0.2, 0) is 16.1 Å². The third-order valence-electron chi connectivity index (χ3n) is 3.28. The molecule has 1 fully saturated rings. The van der Waals surface area contributed by atoms with Crippen LogP contribution in [-0.4, -0.2) is 47.2 Å². The number of primary amides is 1. The molecule has 108 valence electrons. The molecule has 0 aromatic heterocycles. The van der Waals surface area contributed by atoms with Crippen molar-refractivity contribution in [2.75, 3.05) is 19.7 Å².